The largest absolute Gasteiger partial charge is 0.389 e. The number of aliphatic hydroxyl groups is 1. The van der Waals surface area contributed by atoms with Gasteiger partial charge in [0.15, 0.2) is 0 Å². The minimum atomic E-state index is -0.639. The van der Waals surface area contributed by atoms with Crippen LogP contribution in [0.3, 0.4) is 0 Å². The third-order valence-electron chi connectivity index (χ3n) is 3.42. The van der Waals surface area contributed by atoms with Crippen molar-refractivity contribution < 1.29 is 9.84 Å². The van der Waals surface area contributed by atoms with E-state index < -0.39 is 5.60 Å². The third kappa shape index (κ3) is 2.72. The number of hydrogen-bond donors (Lipinski definition) is 1. The molecule has 0 saturated carbocycles. The molecule has 0 aliphatic carbocycles. The highest BCUT2D eigenvalue weighted by Gasteiger charge is 2.32. The topological polar surface area (TPSA) is 47.3 Å². The van der Waals surface area contributed by atoms with Crippen molar-refractivity contribution in [1.29, 1.82) is 0 Å². The molecule has 17 heavy (non-hydrogen) atoms. The Labute approximate surface area is 110 Å². The molecular weight excluding hydrogens is 284 g/mol. The number of aryl methyl sites for hydroxylation is 2. The highest BCUT2D eigenvalue weighted by atomic mass is 79.9. The van der Waals surface area contributed by atoms with Crippen LogP contribution in [0.1, 0.15) is 31.2 Å². The standard InChI is InChI=1S/C12H19BrN2O2/c1-3-9-11(13)10(15(2)14-9)8-12(16)4-6-17-7-5-12/h16H,3-8H2,1-2H3. The first-order valence-electron chi connectivity index (χ1n) is 6.06. The molecule has 0 aromatic carbocycles. The summed E-state index contributed by atoms with van der Waals surface area (Å²) in [6.45, 7) is 3.37. The molecule has 1 fully saturated rings. The molecule has 0 bridgehead atoms. The van der Waals surface area contributed by atoms with Gasteiger partial charge in [0.2, 0.25) is 0 Å². The van der Waals surface area contributed by atoms with Gasteiger partial charge in [-0.05, 0) is 35.2 Å². The Hall–Kier alpha value is -0.390. The quantitative estimate of drug-likeness (QED) is 0.927. The summed E-state index contributed by atoms with van der Waals surface area (Å²) >= 11 is 3.59. The SMILES string of the molecule is CCc1nn(C)c(CC2(O)CCOCC2)c1Br. The lowest BCUT2D eigenvalue weighted by atomic mass is 9.89. The number of hydrogen-bond acceptors (Lipinski definition) is 3. The zero-order chi connectivity index (χ0) is 12.5. The molecule has 0 atom stereocenters. The molecule has 0 unspecified atom stereocenters. The van der Waals surface area contributed by atoms with Gasteiger partial charge >= 0.3 is 0 Å². The zero-order valence-corrected chi connectivity index (χ0v) is 12.0. The maximum atomic E-state index is 10.5. The van der Waals surface area contributed by atoms with Crippen LogP contribution in [-0.4, -0.2) is 33.7 Å². The van der Waals surface area contributed by atoms with Crippen LogP contribution in [0.5, 0.6) is 0 Å². The van der Waals surface area contributed by atoms with Crippen LogP contribution < -0.4 is 0 Å². The monoisotopic (exact) mass is 302 g/mol. The second-order valence-corrected chi connectivity index (χ2v) is 5.49. The first-order valence-corrected chi connectivity index (χ1v) is 6.85. The van der Waals surface area contributed by atoms with Gasteiger partial charge in [0.1, 0.15) is 0 Å². The van der Waals surface area contributed by atoms with Crippen molar-refractivity contribution in [2.45, 2.75) is 38.2 Å². The molecule has 5 heteroatoms. The van der Waals surface area contributed by atoms with E-state index in [1.807, 2.05) is 11.7 Å². The van der Waals surface area contributed by atoms with Gasteiger partial charge in [-0.25, -0.2) is 0 Å². The summed E-state index contributed by atoms with van der Waals surface area (Å²) in [5.74, 6) is 0. The molecule has 0 radical (unpaired) electrons. The summed E-state index contributed by atoms with van der Waals surface area (Å²) in [5, 5.41) is 15.0. The van der Waals surface area contributed by atoms with Crippen LogP contribution in [0.15, 0.2) is 4.47 Å². The van der Waals surface area contributed by atoms with Crippen LogP contribution in [-0.2, 0) is 24.6 Å². The summed E-state index contributed by atoms with van der Waals surface area (Å²) in [7, 11) is 1.93. The molecule has 1 aliphatic heterocycles. The van der Waals surface area contributed by atoms with Gasteiger partial charge < -0.3 is 9.84 Å². The fourth-order valence-corrected chi connectivity index (χ4v) is 3.01. The third-order valence-corrected chi connectivity index (χ3v) is 4.34. The van der Waals surface area contributed by atoms with E-state index in [1.54, 1.807) is 0 Å². The lowest BCUT2D eigenvalue weighted by Gasteiger charge is -2.32. The summed E-state index contributed by atoms with van der Waals surface area (Å²) in [4.78, 5) is 0. The Morgan fingerprint density at radius 3 is 2.65 bits per heavy atom. The zero-order valence-electron chi connectivity index (χ0n) is 10.4. The average Bonchev–Trinajstić information content (AvgIpc) is 2.57. The maximum absolute atomic E-state index is 10.5. The minimum Gasteiger partial charge on any atom is -0.389 e. The van der Waals surface area contributed by atoms with Gasteiger partial charge in [-0.15, -0.1) is 0 Å². The van der Waals surface area contributed by atoms with Crippen LogP contribution >= 0.6 is 15.9 Å². The molecule has 1 aromatic rings. The molecule has 1 N–H and O–H groups in total. The number of nitrogens with zero attached hydrogens (tertiary/aromatic N) is 2. The van der Waals surface area contributed by atoms with E-state index in [0.29, 0.717) is 32.5 Å². The Morgan fingerprint density at radius 2 is 2.12 bits per heavy atom. The van der Waals surface area contributed by atoms with E-state index in [0.717, 1.165) is 22.3 Å². The predicted octanol–water partition coefficient (Wildman–Crippen LogP) is 1.83. The Kier molecular flexibility index (Phi) is 3.90. The van der Waals surface area contributed by atoms with Gasteiger partial charge in [0.25, 0.3) is 0 Å². The molecule has 0 spiro atoms. The molecule has 1 aromatic heterocycles. The van der Waals surface area contributed by atoms with Crippen LogP contribution in [0.4, 0.5) is 0 Å². The summed E-state index contributed by atoms with van der Waals surface area (Å²) in [5.41, 5.74) is 1.49. The van der Waals surface area contributed by atoms with Crippen molar-refractivity contribution in [1.82, 2.24) is 9.78 Å². The molecule has 4 nitrogen and oxygen atoms in total. The molecule has 96 valence electrons. The van der Waals surface area contributed by atoms with Crippen molar-refractivity contribution in [3.63, 3.8) is 0 Å². The molecule has 0 amide bonds. The minimum absolute atomic E-state index is 0.639. The van der Waals surface area contributed by atoms with Gasteiger partial charge in [-0.1, -0.05) is 6.92 Å². The number of aromatic nitrogens is 2. The van der Waals surface area contributed by atoms with Crippen LogP contribution in [0.25, 0.3) is 0 Å². The summed E-state index contributed by atoms with van der Waals surface area (Å²) in [6.07, 6.45) is 2.94. The van der Waals surface area contributed by atoms with Gasteiger partial charge in [0.05, 0.1) is 21.5 Å². The van der Waals surface area contributed by atoms with E-state index in [2.05, 4.69) is 28.0 Å². The number of halogens is 1. The van der Waals surface area contributed by atoms with Crippen molar-refractivity contribution in [2.75, 3.05) is 13.2 Å². The maximum Gasteiger partial charge on any atom is 0.0766 e. The Balaban J connectivity index is 2.20. The normalized spacial score (nSPS) is 19.5. The fraction of sp³-hybridized carbons (Fsp3) is 0.750. The Morgan fingerprint density at radius 1 is 1.47 bits per heavy atom. The average molecular weight is 303 g/mol. The second-order valence-electron chi connectivity index (χ2n) is 4.70. The summed E-state index contributed by atoms with van der Waals surface area (Å²) < 4.78 is 8.21. The Bertz CT molecular complexity index is 397. The smallest absolute Gasteiger partial charge is 0.0766 e. The van der Waals surface area contributed by atoms with Crippen molar-refractivity contribution in [3.05, 3.63) is 15.9 Å². The molecule has 1 aliphatic rings. The van der Waals surface area contributed by atoms with E-state index >= 15 is 0 Å². The lowest BCUT2D eigenvalue weighted by Crippen LogP contribution is -2.38. The van der Waals surface area contributed by atoms with E-state index in [9.17, 15) is 5.11 Å². The van der Waals surface area contributed by atoms with E-state index in [-0.39, 0.29) is 0 Å². The molecule has 1 saturated heterocycles. The first kappa shape index (κ1) is 13.1. The van der Waals surface area contributed by atoms with E-state index in [4.69, 9.17) is 4.74 Å². The van der Waals surface area contributed by atoms with Gasteiger partial charge in [-0.2, -0.15) is 5.10 Å². The fourth-order valence-electron chi connectivity index (χ4n) is 2.25. The van der Waals surface area contributed by atoms with Crippen molar-refractivity contribution in [2.24, 2.45) is 7.05 Å². The number of ether oxygens (including phenoxy) is 1. The molecule has 2 heterocycles. The van der Waals surface area contributed by atoms with E-state index in [1.165, 1.54) is 0 Å². The van der Waals surface area contributed by atoms with Crippen molar-refractivity contribution in [3.8, 4) is 0 Å². The molecular formula is C12H19BrN2O2. The first-order chi connectivity index (χ1) is 8.06. The predicted molar refractivity (Wildman–Crippen MR) is 69.0 cm³/mol. The second kappa shape index (κ2) is 5.08. The van der Waals surface area contributed by atoms with Crippen LogP contribution in [0.2, 0.25) is 0 Å². The lowest BCUT2D eigenvalue weighted by molar-refractivity contribution is -0.0635. The van der Waals surface area contributed by atoms with Crippen LogP contribution in [0, 0.1) is 0 Å². The van der Waals surface area contributed by atoms with Gasteiger partial charge in [0, 0.05) is 26.7 Å². The highest BCUT2D eigenvalue weighted by Crippen LogP contribution is 2.30. The molecule has 2 rings (SSSR count). The number of rotatable bonds is 3. The van der Waals surface area contributed by atoms with Crippen molar-refractivity contribution >= 4 is 15.9 Å². The van der Waals surface area contributed by atoms with Gasteiger partial charge in [-0.3, -0.25) is 4.68 Å². The highest BCUT2D eigenvalue weighted by molar-refractivity contribution is 9.10. The summed E-state index contributed by atoms with van der Waals surface area (Å²) in [6, 6.07) is 0.